The molecule has 0 saturated carbocycles. The van der Waals surface area contributed by atoms with Gasteiger partial charge in [0.1, 0.15) is 5.92 Å². The molecule has 4 nitrogen and oxygen atoms in total. The molecule has 0 spiro atoms. The van der Waals surface area contributed by atoms with Crippen molar-refractivity contribution in [3.05, 3.63) is 38.3 Å². The third kappa shape index (κ3) is 2.70. The molecule has 1 unspecified atom stereocenters. The van der Waals surface area contributed by atoms with E-state index < -0.39 is 11.9 Å². The highest BCUT2D eigenvalue weighted by Crippen LogP contribution is 2.40. The molecule has 6 heteroatoms. The first-order chi connectivity index (χ1) is 9.95. The lowest BCUT2D eigenvalue weighted by Crippen LogP contribution is -2.08. The first kappa shape index (κ1) is 14.5. The number of thiazole rings is 1. The predicted molar refractivity (Wildman–Crippen MR) is 87.7 cm³/mol. The number of carboxylic acid groups (broad SMARTS) is 1. The fourth-order valence-electron chi connectivity index (χ4n) is 2.74. The van der Waals surface area contributed by atoms with Crippen molar-refractivity contribution in [2.24, 2.45) is 0 Å². The SMILES string of the molecule is Cc1cc(Br)cc(C)c1Nc1nc2c(s1)CCC2C(=O)O. The Kier molecular flexibility index (Phi) is 3.75. The van der Waals surface area contributed by atoms with E-state index >= 15 is 0 Å². The van der Waals surface area contributed by atoms with E-state index in [-0.39, 0.29) is 0 Å². The molecule has 21 heavy (non-hydrogen) atoms. The van der Waals surface area contributed by atoms with Gasteiger partial charge in [0.2, 0.25) is 0 Å². The number of fused-ring (bicyclic) bond motifs is 1. The van der Waals surface area contributed by atoms with Crippen LogP contribution < -0.4 is 5.32 Å². The van der Waals surface area contributed by atoms with Crippen LogP contribution in [0, 0.1) is 13.8 Å². The molecule has 1 aliphatic rings. The van der Waals surface area contributed by atoms with Crippen LogP contribution in [0.15, 0.2) is 16.6 Å². The molecule has 0 saturated heterocycles. The molecule has 1 heterocycles. The molecule has 0 amide bonds. The highest BCUT2D eigenvalue weighted by Gasteiger charge is 2.32. The number of nitrogens with one attached hydrogen (secondary N) is 1. The number of anilines is 2. The molecule has 1 atom stereocenters. The summed E-state index contributed by atoms with van der Waals surface area (Å²) in [5.41, 5.74) is 4.04. The van der Waals surface area contributed by atoms with Gasteiger partial charge >= 0.3 is 5.97 Å². The molecule has 110 valence electrons. The van der Waals surface area contributed by atoms with E-state index in [0.29, 0.717) is 6.42 Å². The maximum Gasteiger partial charge on any atom is 0.312 e. The minimum Gasteiger partial charge on any atom is -0.481 e. The Morgan fingerprint density at radius 2 is 2.10 bits per heavy atom. The molecule has 0 radical (unpaired) electrons. The second-order valence-corrected chi connectivity index (χ2v) is 7.30. The first-order valence-corrected chi connectivity index (χ1v) is 8.33. The van der Waals surface area contributed by atoms with Crippen molar-refractivity contribution in [1.82, 2.24) is 4.98 Å². The Morgan fingerprint density at radius 1 is 1.43 bits per heavy atom. The smallest absolute Gasteiger partial charge is 0.312 e. The molecular weight excluding hydrogens is 352 g/mol. The monoisotopic (exact) mass is 366 g/mol. The van der Waals surface area contributed by atoms with Gasteiger partial charge in [-0.25, -0.2) is 4.98 Å². The minimum absolute atomic E-state index is 0.445. The summed E-state index contributed by atoms with van der Waals surface area (Å²) in [5.74, 6) is -1.22. The molecular formula is C15H15BrN2O2S. The molecule has 2 N–H and O–H groups in total. The molecule has 1 aromatic heterocycles. The minimum atomic E-state index is -0.776. The molecule has 0 bridgehead atoms. The summed E-state index contributed by atoms with van der Waals surface area (Å²) in [6.45, 7) is 4.09. The number of carbonyl (C=O) groups is 1. The van der Waals surface area contributed by atoms with E-state index in [9.17, 15) is 9.90 Å². The zero-order valence-corrected chi connectivity index (χ0v) is 14.1. The van der Waals surface area contributed by atoms with Crippen LogP contribution in [-0.4, -0.2) is 16.1 Å². The maximum absolute atomic E-state index is 11.2. The second-order valence-electron chi connectivity index (χ2n) is 5.30. The molecule has 1 aliphatic carbocycles. The highest BCUT2D eigenvalue weighted by molar-refractivity contribution is 9.10. The fourth-order valence-corrected chi connectivity index (χ4v) is 4.47. The van der Waals surface area contributed by atoms with Crippen molar-refractivity contribution in [2.75, 3.05) is 5.32 Å². The van der Waals surface area contributed by atoms with Gasteiger partial charge in [-0.3, -0.25) is 4.79 Å². The van der Waals surface area contributed by atoms with Crippen molar-refractivity contribution in [2.45, 2.75) is 32.6 Å². The van der Waals surface area contributed by atoms with Crippen molar-refractivity contribution in [1.29, 1.82) is 0 Å². The summed E-state index contributed by atoms with van der Waals surface area (Å²) < 4.78 is 1.05. The number of nitrogens with zero attached hydrogens (tertiary/aromatic N) is 1. The average molecular weight is 367 g/mol. The third-order valence-electron chi connectivity index (χ3n) is 3.75. The molecule has 1 aromatic carbocycles. The number of hydrogen-bond acceptors (Lipinski definition) is 4. The lowest BCUT2D eigenvalue weighted by Gasteiger charge is -2.11. The van der Waals surface area contributed by atoms with Crippen molar-refractivity contribution in [3.8, 4) is 0 Å². The normalized spacial score (nSPS) is 16.8. The van der Waals surface area contributed by atoms with Crippen LogP contribution in [0.1, 0.15) is 34.0 Å². The van der Waals surface area contributed by atoms with Gasteiger partial charge in [0.15, 0.2) is 5.13 Å². The van der Waals surface area contributed by atoms with Crippen molar-refractivity contribution < 1.29 is 9.90 Å². The average Bonchev–Trinajstić information content (AvgIpc) is 2.92. The number of halogens is 1. The zero-order chi connectivity index (χ0) is 15.1. The lowest BCUT2D eigenvalue weighted by molar-refractivity contribution is -0.138. The van der Waals surface area contributed by atoms with E-state index in [2.05, 4.69) is 38.4 Å². The van der Waals surface area contributed by atoms with E-state index in [1.165, 1.54) is 0 Å². The number of aryl methyl sites for hydroxylation is 3. The van der Waals surface area contributed by atoms with Gasteiger partial charge in [0.05, 0.1) is 5.69 Å². The summed E-state index contributed by atoms with van der Waals surface area (Å²) >= 11 is 5.05. The Labute approximate surface area is 135 Å². The van der Waals surface area contributed by atoms with Gasteiger partial charge in [-0.15, -0.1) is 11.3 Å². The molecule has 0 fully saturated rings. The topological polar surface area (TPSA) is 62.2 Å². The van der Waals surface area contributed by atoms with Crippen LogP contribution in [0.3, 0.4) is 0 Å². The van der Waals surface area contributed by atoms with Crippen LogP contribution >= 0.6 is 27.3 Å². The standard InChI is InChI=1S/C15H15BrN2O2S/c1-7-5-9(16)6-8(2)12(7)17-15-18-13-10(14(19)20)3-4-11(13)21-15/h5-6,10H,3-4H2,1-2H3,(H,17,18)(H,19,20). The number of carboxylic acids is 1. The Hall–Kier alpha value is -1.40. The van der Waals surface area contributed by atoms with Crippen molar-refractivity contribution >= 4 is 44.1 Å². The zero-order valence-electron chi connectivity index (χ0n) is 11.7. The first-order valence-electron chi connectivity index (χ1n) is 6.72. The highest BCUT2D eigenvalue weighted by atomic mass is 79.9. The quantitative estimate of drug-likeness (QED) is 0.845. The summed E-state index contributed by atoms with van der Waals surface area (Å²) in [4.78, 5) is 16.8. The summed E-state index contributed by atoms with van der Waals surface area (Å²) in [5, 5.41) is 13.3. The van der Waals surface area contributed by atoms with Crippen LogP contribution in [0.25, 0.3) is 0 Å². The van der Waals surface area contributed by atoms with Gasteiger partial charge in [-0.1, -0.05) is 15.9 Å². The second kappa shape index (κ2) is 5.42. The molecule has 2 aromatic rings. The molecule has 0 aliphatic heterocycles. The van der Waals surface area contributed by atoms with Gasteiger partial charge in [0, 0.05) is 15.0 Å². The van der Waals surface area contributed by atoms with E-state index in [4.69, 9.17) is 0 Å². The lowest BCUT2D eigenvalue weighted by atomic mass is 10.1. The van der Waals surface area contributed by atoms with Gasteiger partial charge < -0.3 is 10.4 Å². The summed E-state index contributed by atoms with van der Waals surface area (Å²) in [6.07, 6.45) is 1.48. The third-order valence-corrected chi connectivity index (χ3v) is 5.25. The number of aliphatic carboxylic acids is 1. The van der Waals surface area contributed by atoms with Crippen LogP contribution in [0.4, 0.5) is 10.8 Å². The number of aromatic nitrogens is 1. The van der Waals surface area contributed by atoms with Gasteiger partial charge in [-0.2, -0.15) is 0 Å². The van der Waals surface area contributed by atoms with E-state index in [1.54, 1.807) is 11.3 Å². The Morgan fingerprint density at radius 3 is 2.71 bits per heavy atom. The number of rotatable bonds is 3. The largest absolute Gasteiger partial charge is 0.481 e. The number of hydrogen-bond donors (Lipinski definition) is 2. The fraction of sp³-hybridized carbons (Fsp3) is 0.333. The predicted octanol–water partition coefficient (Wildman–Crippen LogP) is 4.38. The van der Waals surface area contributed by atoms with E-state index in [0.717, 1.165) is 43.4 Å². The maximum atomic E-state index is 11.2. The van der Waals surface area contributed by atoms with Gasteiger partial charge in [-0.05, 0) is 49.9 Å². The Bertz CT molecular complexity index is 703. The van der Waals surface area contributed by atoms with Crippen molar-refractivity contribution in [3.63, 3.8) is 0 Å². The Balaban J connectivity index is 1.91. The van der Waals surface area contributed by atoms with E-state index in [1.807, 2.05) is 13.8 Å². The summed E-state index contributed by atoms with van der Waals surface area (Å²) in [7, 11) is 0. The molecule has 3 rings (SSSR count). The summed E-state index contributed by atoms with van der Waals surface area (Å²) in [6, 6.07) is 4.10. The van der Waals surface area contributed by atoms with Crippen LogP contribution in [0.5, 0.6) is 0 Å². The number of benzene rings is 1. The van der Waals surface area contributed by atoms with Crippen LogP contribution in [0.2, 0.25) is 0 Å². The van der Waals surface area contributed by atoms with Crippen LogP contribution in [-0.2, 0) is 11.2 Å². The van der Waals surface area contributed by atoms with Gasteiger partial charge in [0.25, 0.3) is 0 Å².